The van der Waals surface area contributed by atoms with Crippen molar-refractivity contribution in [1.82, 2.24) is 19.9 Å². The molecule has 5 rings (SSSR count). The molecule has 0 bridgehead atoms. The van der Waals surface area contributed by atoms with Gasteiger partial charge in [-0.2, -0.15) is 0 Å². The minimum absolute atomic E-state index is 0.0356. The molecule has 2 aliphatic rings. The zero-order valence-electron chi connectivity index (χ0n) is 19.4. The highest BCUT2D eigenvalue weighted by atomic mass is 19.4. The molecule has 14 heteroatoms. The first-order valence-electron chi connectivity index (χ1n) is 11.5. The number of rotatable bonds is 8. The highest BCUT2D eigenvalue weighted by Crippen LogP contribution is 2.27. The lowest BCUT2D eigenvalue weighted by Crippen LogP contribution is -2.41. The number of benzene rings is 1. The number of alkyl halides is 3. The van der Waals surface area contributed by atoms with E-state index in [-0.39, 0.29) is 29.7 Å². The minimum atomic E-state index is -4.73. The summed E-state index contributed by atoms with van der Waals surface area (Å²) in [4.78, 5) is 20.8. The van der Waals surface area contributed by atoms with Gasteiger partial charge in [-0.15, -0.1) is 13.2 Å². The fourth-order valence-electron chi connectivity index (χ4n) is 4.22. The van der Waals surface area contributed by atoms with Gasteiger partial charge < -0.3 is 34.5 Å². The lowest BCUT2D eigenvalue weighted by atomic mass is 10.2. The number of nitro groups is 1. The molecule has 1 N–H and O–H groups in total. The second-order valence-corrected chi connectivity index (χ2v) is 8.70. The van der Waals surface area contributed by atoms with Crippen LogP contribution in [0.4, 0.5) is 24.8 Å². The Bertz CT molecular complexity index is 1240. The largest absolute Gasteiger partial charge is 0.573 e. The molecule has 2 atom stereocenters. The third kappa shape index (κ3) is 6.20. The molecule has 11 nitrogen and oxygen atoms in total. The van der Waals surface area contributed by atoms with E-state index in [2.05, 4.69) is 24.9 Å². The summed E-state index contributed by atoms with van der Waals surface area (Å²) in [5.41, 5.74) is 0.972. The molecule has 1 unspecified atom stereocenters. The average molecular weight is 520 g/mol. The fraction of sp³-hybridized carbons (Fsp3) is 0.391. The van der Waals surface area contributed by atoms with Crippen molar-refractivity contribution in [2.75, 3.05) is 24.6 Å². The number of hydrogen-bond donors (Lipinski definition) is 1. The molecule has 2 aliphatic heterocycles. The molecule has 0 saturated carbocycles. The van der Waals surface area contributed by atoms with Crippen LogP contribution in [0.5, 0.6) is 17.5 Å². The lowest BCUT2D eigenvalue weighted by molar-refractivity contribution is -0.389. The summed E-state index contributed by atoms with van der Waals surface area (Å²) < 4.78 is 53.8. The first kappa shape index (κ1) is 24.6. The molecule has 0 aliphatic carbocycles. The molecular formula is C23H23F3N6O5. The molecule has 37 heavy (non-hydrogen) atoms. The number of pyridine rings is 1. The SMILES string of the molecule is O=[N+]([O-])c1cn2c(n1)OC[C@@H](NCc1ccc(N3CCC(Oc4ccc(OC(F)(F)F)cc4)C3)nc1)C2. The van der Waals surface area contributed by atoms with Crippen LogP contribution in [-0.4, -0.2) is 57.7 Å². The van der Waals surface area contributed by atoms with Gasteiger partial charge in [0.1, 0.15) is 36.2 Å². The number of aromatic nitrogens is 3. The summed E-state index contributed by atoms with van der Waals surface area (Å²) in [6.07, 6.45) is -0.945. The maximum atomic E-state index is 12.3. The van der Waals surface area contributed by atoms with E-state index in [1.54, 1.807) is 10.8 Å². The summed E-state index contributed by atoms with van der Waals surface area (Å²) in [5.74, 6) is 0.747. The third-order valence-electron chi connectivity index (χ3n) is 5.98. The van der Waals surface area contributed by atoms with Gasteiger partial charge in [-0.1, -0.05) is 6.07 Å². The van der Waals surface area contributed by atoms with Crippen LogP contribution in [0.1, 0.15) is 12.0 Å². The number of ether oxygens (including phenoxy) is 3. The Labute approximate surface area is 208 Å². The van der Waals surface area contributed by atoms with E-state index in [0.717, 1.165) is 24.3 Å². The van der Waals surface area contributed by atoms with Crippen LogP contribution < -0.4 is 24.4 Å². The predicted molar refractivity (Wildman–Crippen MR) is 124 cm³/mol. The number of hydrogen-bond acceptors (Lipinski definition) is 9. The van der Waals surface area contributed by atoms with Crippen LogP contribution in [0.15, 0.2) is 48.8 Å². The Morgan fingerprint density at radius 3 is 2.65 bits per heavy atom. The predicted octanol–water partition coefficient (Wildman–Crippen LogP) is 3.29. The van der Waals surface area contributed by atoms with Crippen molar-refractivity contribution in [2.24, 2.45) is 0 Å². The molecule has 0 amide bonds. The van der Waals surface area contributed by atoms with Crippen LogP contribution in [0.2, 0.25) is 0 Å². The quantitative estimate of drug-likeness (QED) is 0.353. The summed E-state index contributed by atoms with van der Waals surface area (Å²) in [6, 6.07) is 9.47. The summed E-state index contributed by atoms with van der Waals surface area (Å²) >= 11 is 0. The maximum absolute atomic E-state index is 12.3. The molecule has 196 valence electrons. The Hall–Kier alpha value is -4.07. The van der Waals surface area contributed by atoms with Crippen LogP contribution in [0.3, 0.4) is 0 Å². The molecule has 1 aromatic carbocycles. The topological polar surface area (TPSA) is 117 Å². The third-order valence-corrected chi connectivity index (χ3v) is 5.98. The van der Waals surface area contributed by atoms with E-state index in [0.29, 0.717) is 32.0 Å². The van der Waals surface area contributed by atoms with Crippen molar-refractivity contribution >= 4 is 11.6 Å². The van der Waals surface area contributed by atoms with Crippen molar-refractivity contribution < 1.29 is 32.3 Å². The first-order chi connectivity index (χ1) is 17.7. The normalized spacial score (nSPS) is 19.3. The number of fused-ring (bicyclic) bond motifs is 1. The molecule has 0 spiro atoms. The number of halogens is 3. The first-order valence-corrected chi connectivity index (χ1v) is 11.5. The Balaban J connectivity index is 1.09. The molecule has 0 radical (unpaired) electrons. The fourth-order valence-corrected chi connectivity index (χ4v) is 4.22. The second-order valence-electron chi connectivity index (χ2n) is 8.70. The Morgan fingerprint density at radius 1 is 1.16 bits per heavy atom. The van der Waals surface area contributed by atoms with Crippen molar-refractivity contribution in [3.63, 3.8) is 0 Å². The summed E-state index contributed by atoms with van der Waals surface area (Å²) in [5, 5.41) is 14.3. The van der Waals surface area contributed by atoms with Crippen molar-refractivity contribution in [1.29, 1.82) is 0 Å². The van der Waals surface area contributed by atoms with Gasteiger partial charge in [0.2, 0.25) is 0 Å². The zero-order valence-corrected chi connectivity index (χ0v) is 19.4. The van der Waals surface area contributed by atoms with Crippen molar-refractivity contribution in [3.05, 3.63) is 64.5 Å². The molecule has 2 aromatic heterocycles. The van der Waals surface area contributed by atoms with Gasteiger partial charge in [0.15, 0.2) is 0 Å². The minimum Gasteiger partial charge on any atom is -0.489 e. The number of imidazole rings is 1. The zero-order chi connectivity index (χ0) is 26.0. The molecule has 1 saturated heterocycles. The van der Waals surface area contributed by atoms with Gasteiger partial charge in [0.25, 0.3) is 0 Å². The van der Waals surface area contributed by atoms with E-state index in [9.17, 15) is 23.3 Å². The molecule has 3 aromatic rings. The van der Waals surface area contributed by atoms with E-state index in [1.165, 1.54) is 30.5 Å². The Kier molecular flexibility index (Phi) is 6.74. The van der Waals surface area contributed by atoms with E-state index in [4.69, 9.17) is 9.47 Å². The van der Waals surface area contributed by atoms with Gasteiger partial charge in [-0.3, -0.25) is 4.57 Å². The standard InChI is InChI=1S/C23H23F3N6O5/c24-23(25,26)37-18-4-2-17(3-5-18)36-19-7-8-30(12-19)20-6-1-15(10-28-20)9-27-16-11-31-13-21(32(33)34)29-22(31)35-14-16/h1-6,10,13,16,19,27H,7-9,11-12,14H2/t16-,19?/m0/s1. The van der Waals surface area contributed by atoms with E-state index < -0.39 is 11.3 Å². The number of nitrogens with zero attached hydrogens (tertiary/aromatic N) is 5. The average Bonchev–Trinajstić information content (AvgIpc) is 3.50. The van der Waals surface area contributed by atoms with Crippen LogP contribution in [0.25, 0.3) is 0 Å². The van der Waals surface area contributed by atoms with Gasteiger partial charge in [-0.25, -0.2) is 4.98 Å². The number of anilines is 1. The maximum Gasteiger partial charge on any atom is 0.573 e. The highest BCUT2D eigenvalue weighted by Gasteiger charge is 2.31. The van der Waals surface area contributed by atoms with E-state index >= 15 is 0 Å². The monoisotopic (exact) mass is 520 g/mol. The van der Waals surface area contributed by atoms with Gasteiger partial charge >= 0.3 is 18.2 Å². The van der Waals surface area contributed by atoms with Crippen molar-refractivity contribution in [3.8, 4) is 17.5 Å². The smallest absolute Gasteiger partial charge is 0.489 e. The van der Waals surface area contributed by atoms with Crippen molar-refractivity contribution in [2.45, 2.75) is 38.0 Å². The second kappa shape index (κ2) is 10.1. The van der Waals surface area contributed by atoms with Gasteiger partial charge in [0, 0.05) is 37.2 Å². The summed E-state index contributed by atoms with van der Waals surface area (Å²) in [7, 11) is 0. The van der Waals surface area contributed by atoms with Crippen LogP contribution >= 0.6 is 0 Å². The van der Waals surface area contributed by atoms with Crippen LogP contribution in [-0.2, 0) is 13.1 Å². The van der Waals surface area contributed by atoms with Gasteiger partial charge in [0.05, 0.1) is 12.6 Å². The molecular weight excluding hydrogens is 497 g/mol. The Morgan fingerprint density at radius 2 is 1.95 bits per heavy atom. The van der Waals surface area contributed by atoms with Gasteiger partial charge in [-0.05, 0) is 40.8 Å². The molecule has 1 fully saturated rings. The van der Waals surface area contributed by atoms with E-state index in [1.807, 2.05) is 12.1 Å². The molecule has 4 heterocycles. The number of nitrogens with one attached hydrogen (secondary N) is 1. The lowest BCUT2D eigenvalue weighted by Gasteiger charge is -2.23. The van der Waals surface area contributed by atoms with Crippen LogP contribution in [0, 0.1) is 10.1 Å². The highest BCUT2D eigenvalue weighted by molar-refractivity contribution is 5.41. The summed E-state index contributed by atoms with van der Waals surface area (Å²) in [6.45, 7) is 2.75.